The first-order chi connectivity index (χ1) is 9.71. The first-order valence-corrected chi connectivity index (χ1v) is 6.78. The lowest BCUT2D eigenvalue weighted by Crippen LogP contribution is -2.18. The Bertz CT molecular complexity index is 529. The number of aromatic nitrogens is 1. The normalized spacial score (nSPS) is 11.2. The van der Waals surface area contributed by atoms with Gasteiger partial charge in [-0.15, -0.1) is 0 Å². The number of carboxylic acids is 1. The molecule has 0 aliphatic heterocycles. The van der Waals surface area contributed by atoms with Gasteiger partial charge in [-0.05, 0) is 25.2 Å². The summed E-state index contributed by atoms with van der Waals surface area (Å²) in [7, 11) is 0. The number of aliphatic carboxylic acids is 1. The van der Waals surface area contributed by atoms with Crippen LogP contribution in [0.1, 0.15) is 38.7 Å². The van der Waals surface area contributed by atoms with E-state index in [1.807, 2.05) is 13.8 Å². The summed E-state index contributed by atoms with van der Waals surface area (Å²) in [5.74, 6) is -0.340. The van der Waals surface area contributed by atoms with E-state index in [0.717, 1.165) is 6.42 Å². The third-order valence-electron chi connectivity index (χ3n) is 3.39. The van der Waals surface area contributed by atoms with Crippen LogP contribution >= 0.6 is 0 Å². The minimum Gasteiger partial charge on any atom is -0.481 e. The summed E-state index contributed by atoms with van der Waals surface area (Å²) >= 11 is 0. The molecule has 1 heterocycles. The van der Waals surface area contributed by atoms with Crippen molar-refractivity contribution in [3.63, 3.8) is 0 Å². The fraction of sp³-hybridized carbons (Fsp3) is 0.571. The van der Waals surface area contributed by atoms with Crippen LogP contribution in [0.25, 0.3) is 0 Å². The van der Waals surface area contributed by atoms with Crippen molar-refractivity contribution in [3.8, 4) is 0 Å². The van der Waals surface area contributed by atoms with Gasteiger partial charge in [0.25, 0.3) is 5.69 Å². The van der Waals surface area contributed by atoms with Crippen molar-refractivity contribution < 1.29 is 14.8 Å². The maximum atomic E-state index is 10.9. The van der Waals surface area contributed by atoms with Gasteiger partial charge >= 0.3 is 5.97 Å². The number of carboxylic acid groups (broad SMARTS) is 1. The monoisotopic (exact) mass is 295 g/mol. The van der Waals surface area contributed by atoms with Crippen molar-refractivity contribution in [1.29, 1.82) is 0 Å². The number of carbonyl (C=O) groups is 1. The zero-order chi connectivity index (χ0) is 16.0. The number of nitrogens with one attached hydrogen (secondary N) is 1. The molecule has 0 fully saturated rings. The summed E-state index contributed by atoms with van der Waals surface area (Å²) in [5.41, 5.74) is 0.451. The van der Waals surface area contributed by atoms with E-state index in [9.17, 15) is 14.9 Å². The zero-order valence-corrected chi connectivity index (χ0v) is 12.5. The second kappa shape index (κ2) is 7.01. The van der Waals surface area contributed by atoms with Crippen molar-refractivity contribution in [3.05, 3.63) is 27.9 Å². The standard InChI is InChI=1S/C14H21N3O4/c1-10-9-16-12(8-11(10)17(20)21)15-7-6-14(2,3)5-4-13(18)19/h8-9H,4-7H2,1-3H3,(H,15,16)(H,18,19). The van der Waals surface area contributed by atoms with Gasteiger partial charge < -0.3 is 10.4 Å². The van der Waals surface area contributed by atoms with Gasteiger partial charge in [0, 0.05) is 24.7 Å². The van der Waals surface area contributed by atoms with E-state index >= 15 is 0 Å². The molecule has 0 radical (unpaired) electrons. The Balaban J connectivity index is 2.54. The predicted molar refractivity (Wildman–Crippen MR) is 79.4 cm³/mol. The van der Waals surface area contributed by atoms with E-state index in [-0.39, 0.29) is 17.5 Å². The van der Waals surface area contributed by atoms with E-state index in [0.29, 0.717) is 24.3 Å². The van der Waals surface area contributed by atoms with Gasteiger partial charge in [-0.25, -0.2) is 4.98 Å². The van der Waals surface area contributed by atoms with E-state index in [2.05, 4.69) is 10.3 Å². The zero-order valence-electron chi connectivity index (χ0n) is 12.5. The molecule has 0 unspecified atom stereocenters. The number of nitrogens with zero attached hydrogens (tertiary/aromatic N) is 2. The maximum Gasteiger partial charge on any atom is 0.303 e. The number of hydrogen-bond donors (Lipinski definition) is 2. The predicted octanol–water partition coefficient (Wildman–Crippen LogP) is 2.99. The third-order valence-corrected chi connectivity index (χ3v) is 3.39. The van der Waals surface area contributed by atoms with Gasteiger partial charge in [-0.2, -0.15) is 0 Å². The molecule has 7 heteroatoms. The summed E-state index contributed by atoms with van der Waals surface area (Å²) in [5, 5.41) is 22.6. The van der Waals surface area contributed by atoms with Gasteiger partial charge in [-0.1, -0.05) is 13.8 Å². The van der Waals surface area contributed by atoms with Crippen LogP contribution < -0.4 is 5.32 Å². The lowest BCUT2D eigenvalue weighted by atomic mass is 9.84. The van der Waals surface area contributed by atoms with Crippen molar-refractivity contribution in [1.82, 2.24) is 4.98 Å². The van der Waals surface area contributed by atoms with E-state index in [4.69, 9.17) is 5.11 Å². The first-order valence-electron chi connectivity index (χ1n) is 6.78. The van der Waals surface area contributed by atoms with Crippen LogP contribution in [0.15, 0.2) is 12.3 Å². The van der Waals surface area contributed by atoms with Crippen molar-refractivity contribution >= 4 is 17.5 Å². The lowest BCUT2D eigenvalue weighted by molar-refractivity contribution is -0.385. The number of pyridine rings is 1. The minimum atomic E-state index is -0.799. The van der Waals surface area contributed by atoms with Gasteiger partial charge in [0.15, 0.2) is 0 Å². The van der Waals surface area contributed by atoms with Crippen molar-refractivity contribution in [2.45, 2.75) is 40.0 Å². The molecular weight excluding hydrogens is 274 g/mol. The smallest absolute Gasteiger partial charge is 0.303 e. The molecule has 0 spiro atoms. The number of aryl methyl sites for hydroxylation is 1. The van der Waals surface area contributed by atoms with Gasteiger partial charge in [0.1, 0.15) is 5.82 Å². The molecule has 0 atom stereocenters. The van der Waals surface area contributed by atoms with Crippen LogP contribution in [0.5, 0.6) is 0 Å². The highest BCUT2D eigenvalue weighted by atomic mass is 16.6. The number of rotatable bonds is 8. The van der Waals surface area contributed by atoms with Crippen molar-refractivity contribution in [2.24, 2.45) is 5.41 Å². The van der Waals surface area contributed by atoms with Crippen LogP contribution in [0.3, 0.4) is 0 Å². The Morgan fingerprint density at radius 2 is 2.14 bits per heavy atom. The SMILES string of the molecule is Cc1cnc(NCCC(C)(C)CCC(=O)O)cc1[N+](=O)[O-]. The molecule has 7 nitrogen and oxygen atoms in total. The molecule has 0 bridgehead atoms. The summed E-state index contributed by atoms with van der Waals surface area (Å²) in [6, 6.07) is 1.42. The Labute approximate surface area is 123 Å². The first kappa shape index (κ1) is 16.9. The summed E-state index contributed by atoms with van der Waals surface area (Å²) in [4.78, 5) is 25.1. The van der Waals surface area contributed by atoms with E-state index < -0.39 is 10.9 Å². The molecule has 0 aliphatic carbocycles. The van der Waals surface area contributed by atoms with Crippen LogP contribution in [0, 0.1) is 22.5 Å². The second-order valence-corrected chi connectivity index (χ2v) is 5.85. The largest absolute Gasteiger partial charge is 0.481 e. The van der Waals surface area contributed by atoms with E-state index in [1.54, 1.807) is 6.92 Å². The maximum absolute atomic E-state index is 10.9. The summed E-state index contributed by atoms with van der Waals surface area (Å²) in [6.45, 7) is 6.23. The highest BCUT2D eigenvalue weighted by Crippen LogP contribution is 2.27. The van der Waals surface area contributed by atoms with Crippen LogP contribution in [0.4, 0.5) is 11.5 Å². The van der Waals surface area contributed by atoms with Gasteiger partial charge in [0.05, 0.1) is 11.0 Å². The van der Waals surface area contributed by atoms with Crippen LogP contribution in [0.2, 0.25) is 0 Å². The van der Waals surface area contributed by atoms with Crippen molar-refractivity contribution in [2.75, 3.05) is 11.9 Å². The molecule has 0 aliphatic rings. The molecule has 1 aromatic heterocycles. The van der Waals surface area contributed by atoms with Crippen LogP contribution in [-0.4, -0.2) is 27.5 Å². The molecular formula is C14H21N3O4. The number of nitro groups is 1. The highest BCUT2D eigenvalue weighted by Gasteiger charge is 2.19. The summed E-state index contributed by atoms with van der Waals surface area (Å²) < 4.78 is 0. The molecule has 116 valence electrons. The van der Waals surface area contributed by atoms with Gasteiger partial charge in [-0.3, -0.25) is 14.9 Å². The Hall–Kier alpha value is -2.18. The molecule has 1 rings (SSSR count). The lowest BCUT2D eigenvalue weighted by Gasteiger charge is -2.23. The average Bonchev–Trinajstić information content (AvgIpc) is 2.38. The molecule has 1 aromatic rings. The van der Waals surface area contributed by atoms with Gasteiger partial charge in [0.2, 0.25) is 0 Å². The molecule has 0 saturated carbocycles. The molecule has 2 N–H and O–H groups in total. The topological polar surface area (TPSA) is 105 Å². The number of anilines is 1. The molecule has 0 amide bonds. The minimum absolute atomic E-state index is 0.0395. The fourth-order valence-corrected chi connectivity index (χ4v) is 1.91. The van der Waals surface area contributed by atoms with Crippen LogP contribution in [-0.2, 0) is 4.79 Å². The summed E-state index contributed by atoms with van der Waals surface area (Å²) in [6.07, 6.45) is 2.95. The molecule has 0 aromatic carbocycles. The number of hydrogen-bond acceptors (Lipinski definition) is 5. The fourth-order valence-electron chi connectivity index (χ4n) is 1.91. The quantitative estimate of drug-likeness (QED) is 0.564. The second-order valence-electron chi connectivity index (χ2n) is 5.85. The average molecular weight is 295 g/mol. The third kappa shape index (κ3) is 5.76. The molecule has 0 saturated heterocycles. The van der Waals surface area contributed by atoms with E-state index in [1.165, 1.54) is 12.3 Å². The molecule has 21 heavy (non-hydrogen) atoms. The Morgan fingerprint density at radius 1 is 1.48 bits per heavy atom. The Kier molecular flexibility index (Phi) is 5.63. The highest BCUT2D eigenvalue weighted by molar-refractivity contribution is 5.66. The Morgan fingerprint density at radius 3 is 2.71 bits per heavy atom.